The van der Waals surface area contributed by atoms with E-state index >= 15 is 0 Å². The first kappa shape index (κ1) is 19.9. The molecule has 9 heteroatoms. The van der Waals surface area contributed by atoms with E-state index in [1.54, 1.807) is 18.2 Å². The SMILES string of the molecule is CCCC1(CC(=O)O)Nc2cccc(NS(=O)(=O)Cc3ccc(F)cc3)c2N1. The maximum Gasteiger partial charge on any atom is 0.307 e. The molecule has 7 nitrogen and oxygen atoms in total. The summed E-state index contributed by atoms with van der Waals surface area (Å²) in [5, 5.41) is 15.6. The summed E-state index contributed by atoms with van der Waals surface area (Å²) in [5.74, 6) is -1.70. The summed E-state index contributed by atoms with van der Waals surface area (Å²) in [4.78, 5) is 11.3. The summed E-state index contributed by atoms with van der Waals surface area (Å²) in [6.07, 6.45) is 1.14. The minimum Gasteiger partial charge on any atom is -0.481 e. The average molecular weight is 407 g/mol. The highest BCUT2D eigenvalue weighted by Crippen LogP contribution is 2.43. The third kappa shape index (κ3) is 4.53. The van der Waals surface area contributed by atoms with Crippen LogP contribution in [0.1, 0.15) is 31.7 Å². The van der Waals surface area contributed by atoms with Crippen molar-refractivity contribution in [3.8, 4) is 0 Å². The van der Waals surface area contributed by atoms with Gasteiger partial charge in [-0.15, -0.1) is 0 Å². The van der Waals surface area contributed by atoms with Gasteiger partial charge < -0.3 is 15.7 Å². The van der Waals surface area contributed by atoms with Crippen molar-refractivity contribution >= 4 is 33.1 Å². The van der Waals surface area contributed by atoms with Crippen LogP contribution in [-0.4, -0.2) is 25.2 Å². The highest BCUT2D eigenvalue weighted by molar-refractivity contribution is 7.91. The number of carboxylic acid groups (broad SMARTS) is 1. The van der Waals surface area contributed by atoms with Crippen LogP contribution < -0.4 is 15.4 Å². The van der Waals surface area contributed by atoms with E-state index in [0.29, 0.717) is 29.0 Å². The molecule has 0 amide bonds. The Morgan fingerprint density at radius 3 is 2.54 bits per heavy atom. The number of para-hydroxylation sites is 1. The Kier molecular flexibility index (Phi) is 5.46. The van der Waals surface area contributed by atoms with Crippen molar-refractivity contribution in [1.82, 2.24) is 0 Å². The van der Waals surface area contributed by atoms with Gasteiger partial charge in [-0.2, -0.15) is 0 Å². The van der Waals surface area contributed by atoms with Crippen LogP contribution in [-0.2, 0) is 20.6 Å². The normalized spacial score (nSPS) is 18.1. The third-order valence-electron chi connectivity index (χ3n) is 4.47. The first-order valence-corrected chi connectivity index (χ1v) is 10.5. The number of nitrogens with one attached hydrogen (secondary N) is 3. The molecule has 2 aromatic carbocycles. The van der Waals surface area contributed by atoms with E-state index in [-0.39, 0.29) is 12.2 Å². The summed E-state index contributed by atoms with van der Waals surface area (Å²) in [6.45, 7) is 1.95. The van der Waals surface area contributed by atoms with Crippen LogP contribution in [0.4, 0.5) is 21.5 Å². The fourth-order valence-corrected chi connectivity index (χ4v) is 4.60. The number of hydrogen-bond acceptors (Lipinski definition) is 5. The van der Waals surface area contributed by atoms with Gasteiger partial charge in [0.15, 0.2) is 0 Å². The predicted octanol–water partition coefficient (Wildman–Crippen LogP) is 3.58. The number of carboxylic acids is 1. The van der Waals surface area contributed by atoms with Crippen LogP contribution in [0.5, 0.6) is 0 Å². The van der Waals surface area contributed by atoms with Gasteiger partial charge in [-0.05, 0) is 36.2 Å². The number of fused-ring (bicyclic) bond motifs is 1. The van der Waals surface area contributed by atoms with Crippen LogP contribution in [0.3, 0.4) is 0 Å². The van der Waals surface area contributed by atoms with Crippen molar-refractivity contribution in [2.75, 3.05) is 15.4 Å². The first-order valence-electron chi connectivity index (χ1n) is 8.88. The van der Waals surface area contributed by atoms with Gasteiger partial charge in [-0.25, -0.2) is 12.8 Å². The van der Waals surface area contributed by atoms with Crippen LogP contribution in [0.15, 0.2) is 42.5 Å². The summed E-state index contributed by atoms with van der Waals surface area (Å²) < 4.78 is 40.7. The van der Waals surface area contributed by atoms with E-state index in [0.717, 1.165) is 6.42 Å². The molecule has 1 heterocycles. The topological polar surface area (TPSA) is 108 Å². The van der Waals surface area contributed by atoms with E-state index in [1.165, 1.54) is 24.3 Å². The monoisotopic (exact) mass is 407 g/mol. The Morgan fingerprint density at radius 1 is 1.18 bits per heavy atom. The van der Waals surface area contributed by atoms with E-state index < -0.39 is 27.5 Å². The van der Waals surface area contributed by atoms with Gasteiger partial charge in [0, 0.05) is 0 Å². The number of anilines is 3. The molecule has 3 rings (SSSR count). The van der Waals surface area contributed by atoms with Crippen molar-refractivity contribution in [2.24, 2.45) is 0 Å². The minimum atomic E-state index is -3.75. The van der Waals surface area contributed by atoms with Gasteiger partial charge in [0.05, 0.1) is 29.2 Å². The largest absolute Gasteiger partial charge is 0.481 e. The van der Waals surface area contributed by atoms with Crippen LogP contribution in [0, 0.1) is 5.82 Å². The predicted molar refractivity (Wildman–Crippen MR) is 106 cm³/mol. The molecule has 0 spiro atoms. The molecule has 4 N–H and O–H groups in total. The lowest BCUT2D eigenvalue weighted by Crippen LogP contribution is -2.43. The minimum absolute atomic E-state index is 0.155. The third-order valence-corrected chi connectivity index (χ3v) is 5.71. The van der Waals surface area contributed by atoms with Crippen LogP contribution in [0.2, 0.25) is 0 Å². The molecule has 0 bridgehead atoms. The van der Waals surface area contributed by atoms with Gasteiger partial charge >= 0.3 is 5.97 Å². The number of carbonyl (C=O) groups is 1. The first-order chi connectivity index (χ1) is 13.2. The number of halogens is 1. The van der Waals surface area contributed by atoms with Crippen molar-refractivity contribution in [3.63, 3.8) is 0 Å². The standard InChI is InChI=1S/C19H22FN3O4S/c1-2-10-19(11-17(24)25)21-15-4-3-5-16(18(15)22-19)23-28(26,27)12-13-6-8-14(20)9-7-13/h3-9,21-23H,2,10-12H2,1H3,(H,24,25). The van der Waals surface area contributed by atoms with Crippen LogP contribution in [0.25, 0.3) is 0 Å². The molecule has 1 aliphatic heterocycles. The lowest BCUT2D eigenvalue weighted by atomic mass is 10.0. The zero-order valence-electron chi connectivity index (χ0n) is 15.3. The molecule has 1 atom stereocenters. The molecule has 0 radical (unpaired) electrons. The fourth-order valence-electron chi connectivity index (χ4n) is 3.39. The molecule has 0 fully saturated rings. The maximum absolute atomic E-state index is 13.0. The number of sulfonamides is 1. The molecule has 1 aliphatic rings. The number of aliphatic carboxylic acids is 1. The van der Waals surface area contributed by atoms with Crippen LogP contribution >= 0.6 is 0 Å². The van der Waals surface area contributed by atoms with E-state index in [9.17, 15) is 22.7 Å². The second-order valence-corrected chi connectivity index (χ2v) is 8.59. The van der Waals surface area contributed by atoms with Crippen molar-refractivity contribution in [1.29, 1.82) is 0 Å². The van der Waals surface area contributed by atoms with E-state index in [4.69, 9.17) is 0 Å². The van der Waals surface area contributed by atoms with Crippen molar-refractivity contribution < 1.29 is 22.7 Å². The Hall–Kier alpha value is -2.81. The van der Waals surface area contributed by atoms with Gasteiger partial charge in [0.2, 0.25) is 10.0 Å². The Balaban J connectivity index is 1.83. The molecule has 2 aromatic rings. The summed E-state index contributed by atoms with van der Waals surface area (Å²) in [7, 11) is -3.75. The second-order valence-electron chi connectivity index (χ2n) is 6.87. The molecular weight excluding hydrogens is 385 g/mol. The molecule has 150 valence electrons. The summed E-state index contributed by atoms with van der Waals surface area (Å²) in [5.41, 5.74) is 1.06. The number of rotatable bonds is 8. The smallest absolute Gasteiger partial charge is 0.307 e. The molecule has 0 saturated heterocycles. The molecule has 0 saturated carbocycles. The van der Waals surface area contributed by atoms with Gasteiger partial charge in [0.1, 0.15) is 11.5 Å². The zero-order chi connectivity index (χ0) is 20.4. The maximum atomic E-state index is 13.0. The van der Waals surface area contributed by atoms with Crippen molar-refractivity contribution in [2.45, 2.75) is 37.6 Å². The highest BCUT2D eigenvalue weighted by atomic mass is 32.2. The van der Waals surface area contributed by atoms with E-state index in [2.05, 4.69) is 15.4 Å². The summed E-state index contributed by atoms with van der Waals surface area (Å²) in [6, 6.07) is 10.3. The number of benzene rings is 2. The Labute approximate surface area is 163 Å². The lowest BCUT2D eigenvalue weighted by Gasteiger charge is -2.29. The summed E-state index contributed by atoms with van der Waals surface area (Å²) >= 11 is 0. The zero-order valence-corrected chi connectivity index (χ0v) is 16.1. The molecular formula is C19H22FN3O4S. The van der Waals surface area contributed by atoms with Gasteiger partial charge in [0.25, 0.3) is 0 Å². The van der Waals surface area contributed by atoms with Crippen molar-refractivity contribution in [3.05, 3.63) is 53.8 Å². The molecule has 0 aliphatic carbocycles. The highest BCUT2D eigenvalue weighted by Gasteiger charge is 2.38. The molecule has 28 heavy (non-hydrogen) atoms. The lowest BCUT2D eigenvalue weighted by molar-refractivity contribution is -0.138. The Morgan fingerprint density at radius 2 is 1.89 bits per heavy atom. The Bertz CT molecular complexity index is 979. The van der Waals surface area contributed by atoms with E-state index in [1.807, 2.05) is 6.92 Å². The second kappa shape index (κ2) is 7.67. The van der Waals surface area contributed by atoms with Gasteiger partial charge in [-0.3, -0.25) is 9.52 Å². The molecule has 0 aromatic heterocycles. The number of hydrogen-bond donors (Lipinski definition) is 4. The fraction of sp³-hybridized carbons (Fsp3) is 0.316. The molecule has 1 unspecified atom stereocenters. The average Bonchev–Trinajstić information content (AvgIpc) is 2.95. The van der Waals surface area contributed by atoms with Gasteiger partial charge in [-0.1, -0.05) is 31.5 Å². The quantitative estimate of drug-likeness (QED) is 0.533.